The van der Waals surface area contributed by atoms with Gasteiger partial charge in [-0.3, -0.25) is 4.79 Å². The van der Waals surface area contributed by atoms with Gasteiger partial charge in [-0.25, -0.2) is 0 Å². The summed E-state index contributed by atoms with van der Waals surface area (Å²) in [7, 11) is 1.64. The number of benzene rings is 3. The fourth-order valence-corrected chi connectivity index (χ4v) is 3.43. The second kappa shape index (κ2) is 10.3. The second-order valence-corrected chi connectivity index (χ2v) is 8.21. The highest BCUT2D eigenvalue weighted by atomic mass is 79.9. The van der Waals surface area contributed by atoms with Crippen LogP contribution in [0.1, 0.15) is 46.8 Å². The van der Waals surface area contributed by atoms with Crippen molar-refractivity contribution < 1.29 is 14.3 Å². The van der Waals surface area contributed by atoms with Crippen molar-refractivity contribution >= 4 is 27.8 Å². The highest BCUT2D eigenvalue weighted by Crippen LogP contribution is 2.24. The van der Waals surface area contributed by atoms with E-state index in [4.69, 9.17) is 9.47 Å². The molecule has 0 atom stereocenters. The molecule has 30 heavy (non-hydrogen) atoms. The summed E-state index contributed by atoms with van der Waals surface area (Å²) in [5.74, 6) is 2.01. The minimum atomic E-state index is -0.0461. The van der Waals surface area contributed by atoms with Crippen molar-refractivity contribution in [3.05, 3.63) is 99.5 Å². The first kappa shape index (κ1) is 21.8. The van der Waals surface area contributed by atoms with E-state index in [0.717, 1.165) is 27.1 Å². The van der Waals surface area contributed by atoms with Gasteiger partial charge in [0.1, 0.15) is 18.1 Å². The molecule has 0 radical (unpaired) electrons. The van der Waals surface area contributed by atoms with Gasteiger partial charge in [0.15, 0.2) is 5.78 Å². The lowest BCUT2D eigenvalue weighted by Gasteiger charge is -2.12. The Bertz CT molecular complexity index is 1040. The number of rotatable bonds is 8. The third-order valence-corrected chi connectivity index (χ3v) is 5.28. The highest BCUT2D eigenvalue weighted by molar-refractivity contribution is 9.10. The molecular weight excluding hydrogens is 440 g/mol. The van der Waals surface area contributed by atoms with Gasteiger partial charge in [-0.15, -0.1) is 0 Å². The predicted molar refractivity (Wildman–Crippen MR) is 125 cm³/mol. The van der Waals surface area contributed by atoms with E-state index in [2.05, 4.69) is 41.9 Å². The maximum absolute atomic E-state index is 12.4. The van der Waals surface area contributed by atoms with E-state index in [-0.39, 0.29) is 5.78 Å². The number of allylic oxidation sites excluding steroid dienone is 1. The SMILES string of the molecule is COc1ccc(/C=C/C(=O)c2cccc(Br)c2)cc1COc1ccc(C(C)C)cc1. The van der Waals surface area contributed by atoms with Crippen LogP contribution in [-0.4, -0.2) is 12.9 Å². The number of carbonyl (C=O) groups is 1. The fourth-order valence-electron chi connectivity index (χ4n) is 3.03. The van der Waals surface area contributed by atoms with Crippen LogP contribution in [0, 0.1) is 0 Å². The molecule has 0 aliphatic heterocycles. The van der Waals surface area contributed by atoms with Gasteiger partial charge in [0.05, 0.1) is 7.11 Å². The first-order valence-corrected chi connectivity index (χ1v) is 10.6. The first-order valence-electron chi connectivity index (χ1n) is 9.84. The molecule has 3 aromatic rings. The van der Waals surface area contributed by atoms with Crippen molar-refractivity contribution in [3.8, 4) is 11.5 Å². The third kappa shape index (κ3) is 5.83. The largest absolute Gasteiger partial charge is 0.496 e. The lowest BCUT2D eigenvalue weighted by Crippen LogP contribution is -2.00. The van der Waals surface area contributed by atoms with Crippen LogP contribution in [0.15, 0.2) is 77.3 Å². The average Bonchev–Trinajstić information content (AvgIpc) is 2.76. The topological polar surface area (TPSA) is 35.5 Å². The third-order valence-electron chi connectivity index (χ3n) is 4.78. The van der Waals surface area contributed by atoms with E-state index < -0.39 is 0 Å². The van der Waals surface area contributed by atoms with Crippen molar-refractivity contribution in [2.24, 2.45) is 0 Å². The van der Waals surface area contributed by atoms with Crippen molar-refractivity contribution in [1.82, 2.24) is 0 Å². The minimum Gasteiger partial charge on any atom is -0.496 e. The summed E-state index contributed by atoms with van der Waals surface area (Å²) < 4.78 is 12.3. The fraction of sp³-hybridized carbons (Fsp3) is 0.192. The number of ether oxygens (including phenoxy) is 2. The zero-order valence-corrected chi connectivity index (χ0v) is 19.0. The van der Waals surface area contributed by atoms with Crippen molar-refractivity contribution in [2.75, 3.05) is 7.11 Å². The number of hydrogen-bond acceptors (Lipinski definition) is 3. The van der Waals surface area contributed by atoms with E-state index in [1.165, 1.54) is 5.56 Å². The van der Waals surface area contributed by atoms with Crippen molar-refractivity contribution in [3.63, 3.8) is 0 Å². The Kier molecular flexibility index (Phi) is 7.47. The van der Waals surface area contributed by atoms with Crippen LogP contribution < -0.4 is 9.47 Å². The summed E-state index contributed by atoms with van der Waals surface area (Å²) in [4.78, 5) is 12.4. The maximum Gasteiger partial charge on any atom is 0.185 e. The Morgan fingerprint density at radius 1 is 1.03 bits per heavy atom. The summed E-state index contributed by atoms with van der Waals surface area (Å²) in [6, 6.07) is 21.3. The Morgan fingerprint density at radius 3 is 2.47 bits per heavy atom. The summed E-state index contributed by atoms with van der Waals surface area (Å²) in [5.41, 5.74) is 3.75. The molecule has 0 spiro atoms. The molecule has 0 unspecified atom stereocenters. The van der Waals surface area contributed by atoms with E-state index >= 15 is 0 Å². The number of hydrogen-bond donors (Lipinski definition) is 0. The maximum atomic E-state index is 12.4. The van der Waals surface area contributed by atoms with Gasteiger partial charge in [0, 0.05) is 15.6 Å². The van der Waals surface area contributed by atoms with Gasteiger partial charge in [0.25, 0.3) is 0 Å². The molecule has 3 nitrogen and oxygen atoms in total. The van der Waals surface area contributed by atoms with Crippen molar-refractivity contribution in [2.45, 2.75) is 26.4 Å². The Balaban J connectivity index is 1.72. The van der Waals surface area contributed by atoms with Crippen molar-refractivity contribution in [1.29, 1.82) is 0 Å². The quantitative estimate of drug-likeness (QED) is 0.264. The Labute approximate surface area is 186 Å². The molecule has 3 aromatic carbocycles. The second-order valence-electron chi connectivity index (χ2n) is 7.29. The molecule has 0 aromatic heterocycles. The standard InChI is InChI=1S/C26H25BrO3/c1-18(2)20-9-11-24(12-10-20)30-17-22-15-19(8-14-26(22)29-3)7-13-25(28)21-5-4-6-23(27)16-21/h4-16,18H,17H2,1-3H3/b13-7+. The van der Waals surface area contributed by atoms with Gasteiger partial charge in [0.2, 0.25) is 0 Å². The van der Waals surface area contributed by atoms with Crippen LogP contribution >= 0.6 is 15.9 Å². The lowest BCUT2D eigenvalue weighted by molar-refractivity contribution is 0.104. The molecule has 0 saturated carbocycles. The summed E-state index contributed by atoms with van der Waals surface area (Å²) in [6.45, 7) is 4.72. The average molecular weight is 465 g/mol. The predicted octanol–water partition coefficient (Wildman–Crippen LogP) is 7.06. The van der Waals surface area contributed by atoms with Gasteiger partial charge in [-0.05, 0) is 59.5 Å². The smallest absolute Gasteiger partial charge is 0.185 e. The first-order chi connectivity index (χ1) is 14.5. The normalized spacial score (nSPS) is 11.1. The molecule has 0 amide bonds. The molecule has 0 N–H and O–H groups in total. The molecule has 0 heterocycles. The number of carbonyl (C=O) groups excluding carboxylic acids is 1. The number of halogens is 1. The van der Waals surface area contributed by atoms with Crippen LogP contribution in [0.4, 0.5) is 0 Å². The zero-order chi connectivity index (χ0) is 21.5. The lowest BCUT2D eigenvalue weighted by atomic mass is 10.0. The van der Waals surface area contributed by atoms with E-state index in [1.54, 1.807) is 19.3 Å². The molecule has 3 rings (SSSR count). The summed E-state index contributed by atoms with van der Waals surface area (Å²) >= 11 is 3.40. The molecule has 4 heteroatoms. The molecule has 0 bridgehead atoms. The van der Waals surface area contributed by atoms with Crippen LogP contribution in [0.2, 0.25) is 0 Å². The van der Waals surface area contributed by atoms with Gasteiger partial charge in [-0.1, -0.05) is 66.2 Å². The molecule has 0 fully saturated rings. The van der Waals surface area contributed by atoms with Crippen LogP contribution in [0.25, 0.3) is 6.08 Å². The highest BCUT2D eigenvalue weighted by Gasteiger charge is 2.07. The Morgan fingerprint density at radius 2 is 1.80 bits per heavy atom. The molecule has 0 saturated heterocycles. The number of methoxy groups -OCH3 is 1. The Hall–Kier alpha value is -2.85. The summed E-state index contributed by atoms with van der Waals surface area (Å²) in [5, 5.41) is 0. The van der Waals surface area contributed by atoms with Crippen LogP contribution in [0.3, 0.4) is 0 Å². The minimum absolute atomic E-state index is 0.0461. The zero-order valence-electron chi connectivity index (χ0n) is 17.4. The van der Waals surface area contributed by atoms with Gasteiger partial charge < -0.3 is 9.47 Å². The molecule has 0 aliphatic carbocycles. The van der Waals surface area contributed by atoms with Gasteiger partial charge in [-0.2, -0.15) is 0 Å². The monoisotopic (exact) mass is 464 g/mol. The van der Waals surface area contributed by atoms with Crippen LogP contribution in [-0.2, 0) is 6.61 Å². The van der Waals surface area contributed by atoms with Crippen LogP contribution in [0.5, 0.6) is 11.5 Å². The molecular formula is C26H25BrO3. The van der Waals surface area contributed by atoms with E-state index in [9.17, 15) is 4.79 Å². The molecule has 0 aliphatic rings. The molecule has 154 valence electrons. The van der Waals surface area contributed by atoms with E-state index in [0.29, 0.717) is 18.1 Å². The van der Waals surface area contributed by atoms with Gasteiger partial charge >= 0.3 is 0 Å². The number of ketones is 1. The summed E-state index contributed by atoms with van der Waals surface area (Å²) in [6.07, 6.45) is 3.39. The van der Waals surface area contributed by atoms with E-state index in [1.807, 2.05) is 54.6 Å².